The molecule has 1 aromatic heterocycles. The minimum absolute atomic E-state index is 0.0780. The smallest absolute Gasteiger partial charge is 0.416 e. The second kappa shape index (κ2) is 10.5. The fourth-order valence-corrected chi connectivity index (χ4v) is 3.48. The van der Waals surface area contributed by atoms with E-state index in [0.717, 1.165) is 15.3 Å². The lowest BCUT2D eigenvalue weighted by atomic mass is 10.2. The van der Waals surface area contributed by atoms with E-state index in [9.17, 15) is 10.1 Å². The van der Waals surface area contributed by atoms with Crippen molar-refractivity contribution in [3.63, 3.8) is 0 Å². The molecule has 1 aromatic carbocycles. The van der Waals surface area contributed by atoms with E-state index in [1.807, 2.05) is 24.3 Å². The molecule has 0 atom stereocenters. The minimum atomic E-state index is -1.35. The van der Waals surface area contributed by atoms with E-state index < -0.39 is 19.8 Å². The number of hydrogen-bond acceptors (Lipinski definition) is 7. The average Bonchev–Trinajstić information content (AvgIpc) is 2.66. The number of aromatic nitrogens is 2. The maximum atomic E-state index is 12.6. The summed E-state index contributed by atoms with van der Waals surface area (Å²) < 4.78 is 12.4. The van der Waals surface area contributed by atoms with Gasteiger partial charge in [-0.3, -0.25) is 0 Å². The molecular weight excluding hydrogens is 537 g/mol. The number of nitrogens with zero attached hydrogens (tertiary/aromatic N) is 4. The van der Waals surface area contributed by atoms with Crippen LogP contribution in [0.2, 0.25) is 25.7 Å². The van der Waals surface area contributed by atoms with E-state index in [2.05, 4.69) is 63.6 Å². The summed E-state index contributed by atoms with van der Waals surface area (Å²) in [5, 5.41) is 13.0. The maximum absolute atomic E-state index is 12.6. The zero-order valence-corrected chi connectivity index (χ0v) is 22.8. The van der Waals surface area contributed by atoms with Gasteiger partial charge in [-0.25, -0.2) is 9.69 Å². The molecule has 0 spiro atoms. The van der Waals surface area contributed by atoms with Gasteiger partial charge in [0.25, 0.3) is 0 Å². The Morgan fingerprint density at radius 1 is 1.22 bits per heavy atom. The van der Waals surface area contributed by atoms with Crippen LogP contribution in [0.3, 0.4) is 0 Å². The first kappa shape index (κ1) is 25.9. The number of nitrogens with one attached hydrogen (secondary N) is 1. The van der Waals surface area contributed by atoms with Gasteiger partial charge < -0.3 is 14.8 Å². The normalized spacial score (nSPS) is 11.5. The molecular formula is C22H30IN5O3Si. The standard InChI is InChI=1S/C22H30IN5O3Si/c1-22(2,3)31-21(29)28(4)20-26-18(25-16-10-8-15(23)9-11-16)17(14-24)19(27-20)30-12-13-32(5,6)7/h8-11H,12-13H2,1-7H3,(H,25,26,27). The van der Waals surface area contributed by atoms with E-state index in [1.165, 1.54) is 11.9 Å². The van der Waals surface area contributed by atoms with Gasteiger partial charge in [-0.1, -0.05) is 19.6 Å². The van der Waals surface area contributed by atoms with Crippen LogP contribution in [0, 0.1) is 14.9 Å². The number of rotatable bonds is 7. The molecule has 0 aliphatic rings. The Balaban J connectivity index is 2.45. The predicted molar refractivity (Wildman–Crippen MR) is 137 cm³/mol. The summed E-state index contributed by atoms with van der Waals surface area (Å²) in [6.07, 6.45) is -0.601. The van der Waals surface area contributed by atoms with Crippen LogP contribution in [-0.2, 0) is 4.74 Å². The lowest BCUT2D eigenvalue weighted by Crippen LogP contribution is -2.35. The summed E-state index contributed by atoms with van der Waals surface area (Å²) in [5.74, 6) is 0.477. The molecule has 0 bridgehead atoms. The van der Waals surface area contributed by atoms with Crippen LogP contribution in [0.15, 0.2) is 24.3 Å². The number of ether oxygens (including phenoxy) is 2. The predicted octanol–water partition coefficient (Wildman–Crippen LogP) is 5.78. The summed E-state index contributed by atoms with van der Waals surface area (Å²) in [6, 6.07) is 10.7. The van der Waals surface area contributed by atoms with Crippen molar-refractivity contribution in [2.75, 3.05) is 23.9 Å². The number of amides is 1. The van der Waals surface area contributed by atoms with Crippen molar-refractivity contribution in [3.8, 4) is 11.9 Å². The Bertz CT molecular complexity index is 995. The van der Waals surface area contributed by atoms with E-state index in [0.29, 0.717) is 6.61 Å². The number of anilines is 3. The van der Waals surface area contributed by atoms with Crippen molar-refractivity contribution in [1.82, 2.24) is 9.97 Å². The van der Waals surface area contributed by atoms with Gasteiger partial charge >= 0.3 is 6.09 Å². The van der Waals surface area contributed by atoms with Crippen molar-refractivity contribution in [1.29, 1.82) is 5.26 Å². The van der Waals surface area contributed by atoms with Gasteiger partial charge in [0.1, 0.15) is 11.7 Å². The maximum Gasteiger partial charge on any atom is 0.416 e. The third-order valence-corrected chi connectivity index (χ3v) is 6.56. The number of benzene rings is 1. The first-order valence-corrected chi connectivity index (χ1v) is 15.0. The molecule has 0 radical (unpaired) electrons. The summed E-state index contributed by atoms with van der Waals surface area (Å²) >= 11 is 2.22. The molecule has 0 unspecified atom stereocenters. The number of halogens is 1. The highest BCUT2D eigenvalue weighted by Gasteiger charge is 2.25. The second-order valence-corrected chi connectivity index (χ2v) is 16.4. The third-order valence-electron chi connectivity index (χ3n) is 4.14. The minimum Gasteiger partial charge on any atom is -0.477 e. The Kier molecular flexibility index (Phi) is 8.47. The summed E-state index contributed by atoms with van der Waals surface area (Å²) in [7, 11) is 0.173. The fourth-order valence-electron chi connectivity index (χ4n) is 2.41. The summed E-state index contributed by atoms with van der Waals surface area (Å²) in [5.41, 5.74) is 0.261. The third kappa shape index (κ3) is 7.94. The lowest BCUT2D eigenvalue weighted by molar-refractivity contribution is 0.0587. The molecule has 1 amide bonds. The van der Waals surface area contributed by atoms with E-state index in [4.69, 9.17) is 9.47 Å². The zero-order chi connectivity index (χ0) is 24.1. The first-order chi connectivity index (χ1) is 14.8. The van der Waals surface area contributed by atoms with Gasteiger partial charge in [0.05, 0.1) is 6.61 Å². The Morgan fingerprint density at radius 2 is 1.84 bits per heavy atom. The zero-order valence-electron chi connectivity index (χ0n) is 19.6. The van der Waals surface area contributed by atoms with Crippen molar-refractivity contribution in [2.45, 2.75) is 52.1 Å². The SMILES string of the molecule is CN(C(=O)OC(C)(C)C)c1nc(Nc2ccc(I)cc2)c(C#N)c(OCC[Si](C)(C)C)n1. The van der Waals surface area contributed by atoms with E-state index >= 15 is 0 Å². The first-order valence-electron chi connectivity index (χ1n) is 10.2. The molecule has 10 heteroatoms. The lowest BCUT2D eigenvalue weighted by Gasteiger charge is -2.24. The Hall–Kier alpha value is -2.39. The number of hydrogen-bond donors (Lipinski definition) is 1. The van der Waals surface area contributed by atoms with Gasteiger partial charge in [-0.15, -0.1) is 0 Å². The van der Waals surface area contributed by atoms with E-state index in [1.54, 1.807) is 20.8 Å². The molecule has 0 fully saturated rings. The van der Waals surface area contributed by atoms with Crippen LogP contribution in [0.25, 0.3) is 0 Å². The summed E-state index contributed by atoms with van der Waals surface area (Å²) in [4.78, 5) is 22.6. The van der Waals surface area contributed by atoms with Crippen LogP contribution >= 0.6 is 22.6 Å². The van der Waals surface area contributed by atoms with Crippen molar-refractivity contribution in [2.24, 2.45) is 0 Å². The van der Waals surface area contributed by atoms with Gasteiger partial charge in [-0.05, 0) is 73.7 Å². The summed E-state index contributed by atoms with van der Waals surface area (Å²) in [6.45, 7) is 12.5. The van der Waals surface area contributed by atoms with Crippen LogP contribution in [0.1, 0.15) is 26.3 Å². The quantitative estimate of drug-likeness (QED) is 0.334. The molecule has 0 aliphatic carbocycles. The number of carbonyl (C=O) groups is 1. The largest absolute Gasteiger partial charge is 0.477 e. The molecule has 0 saturated heterocycles. The van der Waals surface area contributed by atoms with Crippen LogP contribution in [0.5, 0.6) is 5.88 Å². The van der Waals surface area contributed by atoms with Crippen molar-refractivity contribution >= 4 is 54.2 Å². The monoisotopic (exact) mass is 567 g/mol. The van der Waals surface area contributed by atoms with Crippen LogP contribution in [0.4, 0.5) is 22.2 Å². The molecule has 32 heavy (non-hydrogen) atoms. The van der Waals surface area contributed by atoms with Gasteiger partial charge in [0, 0.05) is 24.4 Å². The van der Waals surface area contributed by atoms with Crippen molar-refractivity contribution in [3.05, 3.63) is 33.4 Å². The molecule has 8 nitrogen and oxygen atoms in total. The van der Waals surface area contributed by atoms with E-state index in [-0.39, 0.29) is 23.2 Å². The fraction of sp³-hybridized carbons (Fsp3) is 0.455. The highest BCUT2D eigenvalue weighted by molar-refractivity contribution is 14.1. The Morgan fingerprint density at radius 3 is 2.38 bits per heavy atom. The van der Waals surface area contributed by atoms with Crippen molar-refractivity contribution < 1.29 is 14.3 Å². The molecule has 2 rings (SSSR count). The molecule has 0 saturated carbocycles. The van der Waals surface area contributed by atoms with Gasteiger partial charge in [0.2, 0.25) is 11.8 Å². The number of carbonyl (C=O) groups excluding carboxylic acids is 1. The topological polar surface area (TPSA) is 100 Å². The highest BCUT2D eigenvalue weighted by atomic mass is 127. The molecule has 0 aliphatic heterocycles. The second-order valence-electron chi connectivity index (χ2n) is 9.49. The molecule has 172 valence electrons. The van der Waals surface area contributed by atoms with Gasteiger partial charge in [0.15, 0.2) is 11.4 Å². The molecule has 1 heterocycles. The molecule has 1 N–H and O–H groups in total. The number of nitriles is 1. The average molecular weight is 568 g/mol. The molecule has 2 aromatic rings. The highest BCUT2D eigenvalue weighted by Crippen LogP contribution is 2.29. The van der Waals surface area contributed by atoms with Crippen LogP contribution < -0.4 is 15.0 Å². The van der Waals surface area contributed by atoms with Crippen LogP contribution in [-0.4, -0.2) is 43.4 Å². The Labute approximate surface area is 204 Å². The van der Waals surface area contributed by atoms with Gasteiger partial charge in [-0.2, -0.15) is 15.2 Å².